The second kappa shape index (κ2) is 8.62. The summed E-state index contributed by atoms with van der Waals surface area (Å²) in [5.74, 6) is 0.460. The van der Waals surface area contributed by atoms with Gasteiger partial charge in [0.2, 0.25) is 5.91 Å². The van der Waals surface area contributed by atoms with Crippen molar-refractivity contribution in [3.05, 3.63) is 64.5 Å². The fourth-order valence-corrected chi connectivity index (χ4v) is 5.12. The number of imidazole rings is 1. The van der Waals surface area contributed by atoms with Crippen LogP contribution in [0.4, 0.5) is 10.2 Å². The molecule has 2 amide bonds. The Labute approximate surface area is 214 Å². The maximum Gasteiger partial charge on any atom is 0.253 e. The van der Waals surface area contributed by atoms with Crippen molar-refractivity contribution < 1.29 is 18.7 Å². The highest BCUT2D eigenvalue weighted by molar-refractivity contribution is 6.04. The van der Waals surface area contributed by atoms with Gasteiger partial charge < -0.3 is 19.9 Å². The predicted octanol–water partition coefficient (Wildman–Crippen LogP) is 4.15. The summed E-state index contributed by atoms with van der Waals surface area (Å²) in [7, 11) is 1.55. The number of benzene rings is 1. The zero-order valence-corrected chi connectivity index (χ0v) is 21.0. The Morgan fingerprint density at radius 3 is 2.73 bits per heavy atom. The van der Waals surface area contributed by atoms with Crippen LogP contribution in [0.3, 0.4) is 0 Å². The molecule has 2 aromatic heterocycles. The van der Waals surface area contributed by atoms with E-state index in [-0.39, 0.29) is 23.5 Å². The second-order valence-corrected chi connectivity index (χ2v) is 10.3. The molecule has 1 aromatic carbocycles. The van der Waals surface area contributed by atoms with E-state index in [1.165, 1.54) is 6.20 Å². The predicted molar refractivity (Wildman–Crippen MR) is 137 cm³/mol. The Hall–Kier alpha value is -3.85. The zero-order valence-electron chi connectivity index (χ0n) is 21.0. The Morgan fingerprint density at radius 1 is 1.22 bits per heavy atom. The van der Waals surface area contributed by atoms with Gasteiger partial charge in [0.1, 0.15) is 23.1 Å². The fourth-order valence-electron chi connectivity index (χ4n) is 5.12. The highest BCUT2D eigenvalue weighted by Crippen LogP contribution is 2.40. The summed E-state index contributed by atoms with van der Waals surface area (Å²) in [6, 6.07) is 5.27. The lowest BCUT2D eigenvalue weighted by Gasteiger charge is -2.30. The van der Waals surface area contributed by atoms with E-state index < -0.39 is 5.60 Å². The summed E-state index contributed by atoms with van der Waals surface area (Å²) in [5.41, 5.74) is 3.29. The highest BCUT2D eigenvalue weighted by atomic mass is 19.1. The van der Waals surface area contributed by atoms with Gasteiger partial charge >= 0.3 is 0 Å². The first-order valence-corrected chi connectivity index (χ1v) is 12.5. The van der Waals surface area contributed by atoms with Crippen LogP contribution in [0, 0.1) is 11.7 Å². The van der Waals surface area contributed by atoms with Crippen LogP contribution in [0.5, 0.6) is 0 Å². The van der Waals surface area contributed by atoms with E-state index in [0.717, 1.165) is 18.7 Å². The number of carbonyl (C=O) groups is 2. The molecule has 3 aliphatic rings. The molecule has 1 aliphatic heterocycles. The molecule has 1 saturated carbocycles. The lowest BCUT2D eigenvalue weighted by molar-refractivity contribution is -0.117. The van der Waals surface area contributed by atoms with Gasteiger partial charge in [-0.2, -0.15) is 0 Å². The molecule has 0 saturated heterocycles. The van der Waals surface area contributed by atoms with Gasteiger partial charge in [-0.1, -0.05) is 12.1 Å². The summed E-state index contributed by atoms with van der Waals surface area (Å²) >= 11 is 0. The molecular weight excluding hydrogens is 473 g/mol. The number of pyridine rings is 1. The van der Waals surface area contributed by atoms with E-state index in [2.05, 4.69) is 15.6 Å². The molecule has 190 valence electrons. The number of carbonyl (C=O) groups excluding carboxylic acids is 2. The van der Waals surface area contributed by atoms with E-state index in [9.17, 15) is 9.59 Å². The maximum absolute atomic E-state index is 16.1. The normalized spacial score (nSPS) is 17.6. The summed E-state index contributed by atoms with van der Waals surface area (Å²) in [5, 5.41) is 5.55. The van der Waals surface area contributed by atoms with E-state index in [4.69, 9.17) is 9.72 Å². The smallest absolute Gasteiger partial charge is 0.253 e. The standard InChI is InChI=1S/C28H28FN5O3/c1-28(2)27-32-22(14-34(27)9-10-37-28)18-6-4-5-17(23(18)29)16-11-19-20(12-16)24(33-25(35)15-7-8-15)31-13-21(19)26(36)30-3/h4-6,11,13-15H,7-10,12H2,1-3H3,(H,30,36)(H,31,33,35). The number of fused-ring (bicyclic) bond motifs is 2. The van der Waals surface area contributed by atoms with Crippen LogP contribution in [0.1, 0.15) is 59.6 Å². The van der Waals surface area contributed by atoms with Crippen LogP contribution in [-0.2, 0) is 28.1 Å². The topological polar surface area (TPSA) is 98.1 Å². The number of nitrogens with zero attached hydrogens (tertiary/aromatic N) is 3. The molecule has 2 aliphatic carbocycles. The van der Waals surface area contributed by atoms with Gasteiger partial charge in [-0.3, -0.25) is 9.59 Å². The number of aromatic nitrogens is 3. The van der Waals surface area contributed by atoms with Crippen LogP contribution in [0.15, 0.2) is 30.6 Å². The Bertz CT molecular complexity index is 1490. The molecule has 0 bridgehead atoms. The quantitative estimate of drug-likeness (QED) is 0.547. The van der Waals surface area contributed by atoms with Crippen molar-refractivity contribution >= 4 is 29.3 Å². The molecule has 1 fully saturated rings. The minimum atomic E-state index is -0.551. The fraction of sp³-hybridized carbons (Fsp3) is 0.357. The summed E-state index contributed by atoms with van der Waals surface area (Å²) in [6.45, 7) is 5.16. The summed E-state index contributed by atoms with van der Waals surface area (Å²) in [6.07, 6.45) is 7.24. The number of hydrogen-bond donors (Lipinski definition) is 2. The molecule has 3 aromatic rings. The van der Waals surface area contributed by atoms with Gasteiger partial charge in [0.25, 0.3) is 5.91 Å². The molecule has 9 heteroatoms. The average Bonchev–Trinajstić information content (AvgIpc) is 3.48. The van der Waals surface area contributed by atoms with Gasteiger partial charge in [-0.15, -0.1) is 0 Å². The van der Waals surface area contributed by atoms with Crippen LogP contribution < -0.4 is 10.6 Å². The van der Waals surface area contributed by atoms with Crippen molar-refractivity contribution in [1.82, 2.24) is 19.9 Å². The molecule has 0 atom stereocenters. The van der Waals surface area contributed by atoms with Crippen LogP contribution in [0.2, 0.25) is 0 Å². The summed E-state index contributed by atoms with van der Waals surface area (Å²) < 4.78 is 23.9. The first-order chi connectivity index (χ1) is 17.8. The van der Waals surface area contributed by atoms with Crippen LogP contribution in [-0.4, -0.2) is 40.0 Å². The van der Waals surface area contributed by atoms with Crippen molar-refractivity contribution in [3.63, 3.8) is 0 Å². The number of rotatable bonds is 5. The number of nitrogens with one attached hydrogen (secondary N) is 2. The van der Waals surface area contributed by atoms with Crippen molar-refractivity contribution in [1.29, 1.82) is 0 Å². The lowest BCUT2D eigenvalue weighted by Crippen LogP contribution is -2.33. The molecule has 6 rings (SSSR count). The minimum absolute atomic E-state index is 0.00939. The Morgan fingerprint density at radius 2 is 2.00 bits per heavy atom. The first kappa shape index (κ1) is 23.5. The molecule has 0 unspecified atom stereocenters. The molecule has 37 heavy (non-hydrogen) atoms. The molecule has 0 radical (unpaired) electrons. The van der Waals surface area contributed by atoms with Crippen LogP contribution >= 0.6 is 0 Å². The number of hydrogen-bond acceptors (Lipinski definition) is 5. The van der Waals surface area contributed by atoms with Crippen LogP contribution in [0.25, 0.3) is 22.9 Å². The molecule has 8 nitrogen and oxygen atoms in total. The Balaban J connectivity index is 1.39. The molecular formula is C28H28FN5O3. The third kappa shape index (κ3) is 4.03. The maximum atomic E-state index is 16.1. The van der Waals surface area contributed by atoms with Crippen molar-refractivity contribution in [3.8, 4) is 11.3 Å². The third-order valence-electron chi connectivity index (χ3n) is 7.30. The SMILES string of the molecule is CNC(=O)c1cnc(NC(=O)C2CC2)c2c1C=C(c1cccc(-c3cn4c(n3)C(C)(C)OCC4)c1F)C2. The summed E-state index contributed by atoms with van der Waals surface area (Å²) in [4.78, 5) is 34.1. The molecule has 3 heterocycles. The molecule has 0 spiro atoms. The second-order valence-electron chi connectivity index (χ2n) is 10.3. The largest absolute Gasteiger partial charge is 0.366 e. The van der Waals surface area contributed by atoms with Gasteiger partial charge in [0, 0.05) is 55.0 Å². The van der Waals surface area contributed by atoms with Gasteiger partial charge in [0.15, 0.2) is 0 Å². The van der Waals surface area contributed by atoms with E-state index in [1.807, 2.05) is 36.8 Å². The van der Waals surface area contributed by atoms with Gasteiger partial charge in [-0.05, 0) is 50.0 Å². The number of amides is 2. The average molecular weight is 502 g/mol. The van der Waals surface area contributed by atoms with Gasteiger partial charge in [0.05, 0.1) is 17.9 Å². The van der Waals surface area contributed by atoms with E-state index in [1.54, 1.807) is 19.2 Å². The first-order valence-electron chi connectivity index (χ1n) is 12.5. The third-order valence-corrected chi connectivity index (χ3v) is 7.30. The highest BCUT2D eigenvalue weighted by Gasteiger charge is 2.34. The minimum Gasteiger partial charge on any atom is -0.366 e. The van der Waals surface area contributed by atoms with Crippen molar-refractivity contribution in [2.45, 2.75) is 45.3 Å². The lowest BCUT2D eigenvalue weighted by atomic mass is 9.99. The molecule has 2 N–H and O–H groups in total. The van der Waals surface area contributed by atoms with E-state index >= 15 is 4.39 Å². The Kier molecular flexibility index (Phi) is 5.49. The van der Waals surface area contributed by atoms with Gasteiger partial charge in [-0.25, -0.2) is 14.4 Å². The van der Waals surface area contributed by atoms with Crippen molar-refractivity contribution in [2.75, 3.05) is 19.0 Å². The number of allylic oxidation sites excluding steroid dienone is 1. The number of anilines is 1. The monoisotopic (exact) mass is 501 g/mol. The van der Waals surface area contributed by atoms with Crippen molar-refractivity contribution in [2.24, 2.45) is 5.92 Å². The van der Waals surface area contributed by atoms with E-state index in [0.29, 0.717) is 64.5 Å². The number of ether oxygens (including phenoxy) is 1. The number of halogens is 1. The zero-order chi connectivity index (χ0) is 25.9.